The number of hydrogen-bond acceptors (Lipinski definition) is 4. The number of carbonyl (C=O) groups excluding carboxylic acids is 1. The number of amides is 1. The van der Waals surface area contributed by atoms with E-state index in [1.165, 1.54) is 0 Å². The zero-order valence-corrected chi connectivity index (χ0v) is 12.9. The second-order valence-corrected chi connectivity index (χ2v) is 5.78. The minimum Gasteiger partial charge on any atom is -0.351 e. The summed E-state index contributed by atoms with van der Waals surface area (Å²) in [6.07, 6.45) is 2.29. The molecule has 0 spiro atoms. The normalized spacial score (nSPS) is 13.7. The summed E-state index contributed by atoms with van der Waals surface area (Å²) in [6.45, 7) is 2.45. The van der Waals surface area contributed by atoms with Gasteiger partial charge in [-0.3, -0.25) is 4.79 Å². The van der Waals surface area contributed by atoms with Crippen molar-refractivity contribution in [1.82, 2.24) is 14.9 Å². The molecule has 1 aliphatic carbocycles. The summed E-state index contributed by atoms with van der Waals surface area (Å²) in [6, 6.07) is 12.1. The van der Waals surface area contributed by atoms with Crippen LogP contribution in [0, 0.1) is 6.92 Å². The second-order valence-electron chi connectivity index (χ2n) is 5.78. The topological polar surface area (TPSA) is 58.1 Å². The monoisotopic (exact) mass is 296 g/mol. The van der Waals surface area contributed by atoms with Crippen molar-refractivity contribution in [3.63, 3.8) is 0 Å². The predicted molar refractivity (Wildman–Crippen MR) is 85.7 cm³/mol. The molecule has 1 amide bonds. The molecule has 0 saturated heterocycles. The van der Waals surface area contributed by atoms with Gasteiger partial charge in [-0.1, -0.05) is 30.3 Å². The van der Waals surface area contributed by atoms with Crippen molar-refractivity contribution in [2.75, 3.05) is 12.4 Å². The summed E-state index contributed by atoms with van der Waals surface area (Å²) in [5.74, 6) is 0.465. The lowest BCUT2D eigenvalue weighted by molar-refractivity contribution is 0.0779. The van der Waals surface area contributed by atoms with Gasteiger partial charge in [-0.25, -0.2) is 9.97 Å². The van der Waals surface area contributed by atoms with Gasteiger partial charge in [0.15, 0.2) is 0 Å². The minimum absolute atomic E-state index is 0.0896. The van der Waals surface area contributed by atoms with E-state index in [1.54, 1.807) is 18.0 Å². The number of carbonyl (C=O) groups is 1. The number of aryl methyl sites for hydroxylation is 1. The highest BCUT2D eigenvalue weighted by Crippen LogP contribution is 2.23. The fourth-order valence-electron chi connectivity index (χ4n) is 2.28. The van der Waals surface area contributed by atoms with Gasteiger partial charge >= 0.3 is 0 Å². The summed E-state index contributed by atoms with van der Waals surface area (Å²) in [7, 11) is 1.79. The van der Waals surface area contributed by atoms with Crippen LogP contribution in [-0.4, -0.2) is 33.9 Å². The molecule has 114 valence electrons. The Morgan fingerprint density at radius 3 is 2.68 bits per heavy atom. The lowest BCUT2D eigenvalue weighted by atomic mass is 10.2. The Kier molecular flexibility index (Phi) is 4.04. The third kappa shape index (κ3) is 3.61. The third-order valence-corrected chi connectivity index (χ3v) is 3.59. The molecule has 1 heterocycles. The van der Waals surface area contributed by atoms with Crippen molar-refractivity contribution >= 4 is 11.9 Å². The van der Waals surface area contributed by atoms with E-state index in [0.717, 1.165) is 24.1 Å². The van der Waals surface area contributed by atoms with Gasteiger partial charge in [0, 0.05) is 25.3 Å². The first-order valence-electron chi connectivity index (χ1n) is 7.53. The third-order valence-electron chi connectivity index (χ3n) is 3.59. The zero-order chi connectivity index (χ0) is 15.5. The fraction of sp³-hybridized carbons (Fsp3) is 0.353. The summed E-state index contributed by atoms with van der Waals surface area (Å²) in [4.78, 5) is 23.0. The van der Waals surface area contributed by atoms with E-state index in [9.17, 15) is 4.79 Å². The molecule has 5 heteroatoms. The first kappa shape index (κ1) is 14.5. The van der Waals surface area contributed by atoms with E-state index in [-0.39, 0.29) is 5.91 Å². The number of hydrogen-bond donors (Lipinski definition) is 1. The predicted octanol–water partition coefficient (Wildman–Crippen LogP) is 2.63. The molecule has 1 N–H and O–H groups in total. The van der Waals surface area contributed by atoms with Crippen molar-refractivity contribution in [3.05, 3.63) is 53.3 Å². The number of nitrogens with one attached hydrogen (secondary N) is 1. The molecule has 1 fully saturated rings. The standard InChI is InChI=1S/C17H20N4O/c1-12-10-15(20-17(18-12)19-14-8-9-14)16(22)21(2)11-13-6-4-3-5-7-13/h3-7,10,14H,8-9,11H2,1-2H3,(H,18,19,20). The van der Waals surface area contributed by atoms with Crippen LogP contribution in [0.25, 0.3) is 0 Å². The SMILES string of the molecule is Cc1cc(C(=O)N(C)Cc2ccccc2)nc(NC2CC2)n1. The summed E-state index contributed by atoms with van der Waals surface area (Å²) in [5, 5.41) is 3.25. The largest absolute Gasteiger partial charge is 0.351 e. The van der Waals surface area contributed by atoms with Crippen LogP contribution in [-0.2, 0) is 6.54 Å². The van der Waals surface area contributed by atoms with Crippen molar-refractivity contribution in [2.24, 2.45) is 0 Å². The molecular weight excluding hydrogens is 276 g/mol. The van der Waals surface area contributed by atoms with Crippen molar-refractivity contribution in [1.29, 1.82) is 0 Å². The van der Waals surface area contributed by atoms with Crippen LogP contribution in [0.1, 0.15) is 34.6 Å². The Hall–Kier alpha value is -2.43. The molecule has 0 aliphatic heterocycles. The summed E-state index contributed by atoms with van der Waals surface area (Å²) in [5.41, 5.74) is 2.34. The summed E-state index contributed by atoms with van der Waals surface area (Å²) < 4.78 is 0. The lowest BCUT2D eigenvalue weighted by Gasteiger charge is -2.17. The highest BCUT2D eigenvalue weighted by Gasteiger charge is 2.23. The van der Waals surface area contributed by atoms with Crippen LogP contribution in [0.5, 0.6) is 0 Å². The van der Waals surface area contributed by atoms with Crippen LogP contribution in [0.4, 0.5) is 5.95 Å². The Morgan fingerprint density at radius 1 is 1.27 bits per heavy atom. The molecule has 1 aliphatic rings. The molecule has 5 nitrogen and oxygen atoms in total. The van der Waals surface area contributed by atoms with E-state index >= 15 is 0 Å². The maximum absolute atomic E-state index is 12.6. The number of aromatic nitrogens is 2. The van der Waals surface area contributed by atoms with Gasteiger partial charge in [0.25, 0.3) is 5.91 Å². The Balaban J connectivity index is 1.74. The Labute approximate surface area is 130 Å². The van der Waals surface area contributed by atoms with Crippen LogP contribution < -0.4 is 5.32 Å². The van der Waals surface area contributed by atoms with E-state index in [4.69, 9.17) is 0 Å². The van der Waals surface area contributed by atoms with E-state index < -0.39 is 0 Å². The van der Waals surface area contributed by atoms with Gasteiger partial charge in [-0.15, -0.1) is 0 Å². The molecular formula is C17H20N4O. The van der Waals surface area contributed by atoms with Crippen molar-refractivity contribution < 1.29 is 4.79 Å². The summed E-state index contributed by atoms with van der Waals surface area (Å²) >= 11 is 0. The second kappa shape index (κ2) is 6.13. The Morgan fingerprint density at radius 2 is 2.00 bits per heavy atom. The van der Waals surface area contributed by atoms with Crippen LogP contribution in [0.15, 0.2) is 36.4 Å². The van der Waals surface area contributed by atoms with E-state index in [2.05, 4.69) is 15.3 Å². The smallest absolute Gasteiger partial charge is 0.272 e. The van der Waals surface area contributed by atoms with Crippen molar-refractivity contribution in [3.8, 4) is 0 Å². The van der Waals surface area contributed by atoms with Gasteiger partial charge in [0.2, 0.25) is 5.95 Å². The van der Waals surface area contributed by atoms with Gasteiger partial charge < -0.3 is 10.2 Å². The average Bonchev–Trinajstić information content (AvgIpc) is 3.30. The fourth-order valence-corrected chi connectivity index (χ4v) is 2.28. The molecule has 0 unspecified atom stereocenters. The minimum atomic E-state index is -0.0896. The van der Waals surface area contributed by atoms with Crippen LogP contribution in [0.2, 0.25) is 0 Å². The van der Waals surface area contributed by atoms with Crippen LogP contribution >= 0.6 is 0 Å². The van der Waals surface area contributed by atoms with Crippen LogP contribution in [0.3, 0.4) is 0 Å². The quantitative estimate of drug-likeness (QED) is 0.921. The average molecular weight is 296 g/mol. The molecule has 22 heavy (non-hydrogen) atoms. The molecule has 1 aromatic carbocycles. The lowest BCUT2D eigenvalue weighted by Crippen LogP contribution is -2.27. The molecule has 3 rings (SSSR count). The first-order chi connectivity index (χ1) is 10.6. The molecule has 1 aromatic heterocycles. The maximum atomic E-state index is 12.6. The molecule has 0 bridgehead atoms. The highest BCUT2D eigenvalue weighted by atomic mass is 16.2. The van der Waals surface area contributed by atoms with Gasteiger partial charge in [0.1, 0.15) is 5.69 Å². The number of nitrogens with zero attached hydrogens (tertiary/aromatic N) is 3. The number of benzene rings is 1. The first-order valence-corrected chi connectivity index (χ1v) is 7.53. The molecule has 1 saturated carbocycles. The zero-order valence-electron chi connectivity index (χ0n) is 12.9. The molecule has 0 radical (unpaired) electrons. The number of rotatable bonds is 5. The molecule has 0 atom stereocenters. The van der Waals surface area contributed by atoms with Gasteiger partial charge in [-0.2, -0.15) is 0 Å². The van der Waals surface area contributed by atoms with Gasteiger partial charge in [0.05, 0.1) is 0 Å². The van der Waals surface area contributed by atoms with Gasteiger partial charge in [-0.05, 0) is 31.4 Å². The number of anilines is 1. The maximum Gasteiger partial charge on any atom is 0.272 e. The van der Waals surface area contributed by atoms with E-state index in [0.29, 0.717) is 24.2 Å². The van der Waals surface area contributed by atoms with Crippen molar-refractivity contribution in [2.45, 2.75) is 32.4 Å². The highest BCUT2D eigenvalue weighted by molar-refractivity contribution is 5.92. The van der Waals surface area contributed by atoms with E-state index in [1.807, 2.05) is 37.3 Å². The molecule has 2 aromatic rings. The Bertz CT molecular complexity index is 668.